The summed E-state index contributed by atoms with van der Waals surface area (Å²) in [7, 11) is 0. The number of aromatic carboxylic acids is 2. The van der Waals surface area contributed by atoms with E-state index in [1.165, 1.54) is 0 Å². The summed E-state index contributed by atoms with van der Waals surface area (Å²) in [5.41, 5.74) is -2.60. The summed E-state index contributed by atoms with van der Waals surface area (Å²) in [5, 5.41) is 37.9. The quantitative estimate of drug-likeness (QED) is 0.666. The number of aromatic hydroxyl groups is 1. The highest BCUT2D eigenvalue weighted by molar-refractivity contribution is 6.42. The van der Waals surface area contributed by atoms with Crippen molar-refractivity contribution < 1.29 is 34.8 Å². The first kappa shape index (κ1) is 18.9. The normalized spacial score (nSPS) is 10.5. The predicted octanol–water partition coefficient (Wildman–Crippen LogP) is 3.05. The van der Waals surface area contributed by atoms with Crippen LogP contribution in [0.3, 0.4) is 0 Å². The van der Waals surface area contributed by atoms with Gasteiger partial charge < -0.3 is 20.4 Å². The van der Waals surface area contributed by atoms with Crippen LogP contribution in [0.25, 0.3) is 0 Å². The number of ketones is 1. The van der Waals surface area contributed by atoms with Crippen molar-refractivity contribution in [3.63, 3.8) is 0 Å². The average molecular weight is 405 g/mol. The van der Waals surface area contributed by atoms with Gasteiger partial charge in [-0.1, -0.05) is 40.6 Å². The molecule has 0 saturated carbocycles. The van der Waals surface area contributed by atoms with Gasteiger partial charge in [0.25, 0.3) is 0 Å². The Bertz CT molecular complexity index is 937. The Morgan fingerprint density at radius 2 is 1.40 bits per heavy atom. The number of phenols is 1. The van der Waals surface area contributed by atoms with Gasteiger partial charge in [0.2, 0.25) is 0 Å². The Hall–Kier alpha value is -2.48. The molecule has 2 aromatic rings. The zero-order chi connectivity index (χ0) is 19.0. The number of halogens is 3. The van der Waals surface area contributed by atoms with Crippen LogP contribution >= 0.6 is 34.8 Å². The topological polar surface area (TPSA) is 135 Å². The summed E-state index contributed by atoms with van der Waals surface area (Å²) in [6, 6.07) is 2.34. The third-order valence-corrected chi connectivity index (χ3v) is 4.17. The van der Waals surface area contributed by atoms with Crippen molar-refractivity contribution >= 4 is 52.5 Å². The molecule has 0 aliphatic rings. The highest BCUT2D eigenvalue weighted by atomic mass is 35.5. The van der Waals surface area contributed by atoms with Gasteiger partial charge in [-0.2, -0.15) is 0 Å². The first-order valence-corrected chi connectivity index (χ1v) is 7.42. The van der Waals surface area contributed by atoms with Crippen LogP contribution in [0.1, 0.15) is 36.6 Å². The minimum atomic E-state index is -1.70. The molecule has 0 bridgehead atoms. The Labute approximate surface area is 154 Å². The first-order valence-electron chi connectivity index (χ1n) is 6.29. The molecular formula is C15H6Cl3O7-. The smallest absolute Gasteiger partial charge is 0.338 e. The zero-order valence-electron chi connectivity index (χ0n) is 11.8. The summed E-state index contributed by atoms with van der Waals surface area (Å²) in [6.45, 7) is 0. The maximum atomic E-state index is 12.6. The fraction of sp³-hybridized carbons (Fsp3) is 0. The van der Waals surface area contributed by atoms with Crippen LogP contribution in [0, 0.1) is 0 Å². The number of rotatable bonds is 4. The summed E-state index contributed by atoms with van der Waals surface area (Å²) in [4.78, 5) is 35.2. The fourth-order valence-corrected chi connectivity index (χ4v) is 2.83. The molecule has 0 heterocycles. The lowest BCUT2D eigenvalue weighted by Gasteiger charge is -2.15. The Morgan fingerprint density at radius 1 is 0.840 bits per heavy atom. The minimum absolute atomic E-state index is 0.387. The van der Waals surface area contributed by atoms with E-state index >= 15 is 0 Å². The summed E-state index contributed by atoms with van der Waals surface area (Å²) < 4.78 is 0. The fourth-order valence-electron chi connectivity index (χ4n) is 2.06. The SMILES string of the molecule is O=C(O)c1cc(Cl)c(C(=O)c2cc(Cl)c([O-])cc2O)c(C(=O)O)c1Cl. The Morgan fingerprint density at radius 3 is 1.92 bits per heavy atom. The number of carboxylic acids is 2. The minimum Gasteiger partial charge on any atom is -0.871 e. The largest absolute Gasteiger partial charge is 0.871 e. The molecule has 130 valence electrons. The number of phenolic OH excluding ortho intramolecular Hbond substituents is 1. The standard InChI is InChI=1S/C15H7Cl3O7/c16-6-1-4(8(19)3-9(6)20)13(21)10-7(17)2-5(14(22)23)12(18)11(10)15(24)25/h1-3,19-20H,(H,22,23)(H,24,25)/p-1. The van der Waals surface area contributed by atoms with Gasteiger partial charge in [0.15, 0.2) is 5.78 Å². The van der Waals surface area contributed by atoms with Gasteiger partial charge >= 0.3 is 11.9 Å². The van der Waals surface area contributed by atoms with Crippen molar-refractivity contribution in [2.24, 2.45) is 0 Å². The average Bonchev–Trinajstić information content (AvgIpc) is 2.51. The van der Waals surface area contributed by atoms with Crippen LogP contribution in [0.15, 0.2) is 18.2 Å². The highest BCUT2D eigenvalue weighted by Crippen LogP contribution is 2.36. The van der Waals surface area contributed by atoms with E-state index in [1.54, 1.807) is 0 Å². The van der Waals surface area contributed by atoms with E-state index in [9.17, 15) is 29.7 Å². The lowest BCUT2D eigenvalue weighted by atomic mass is 9.95. The second-order valence-electron chi connectivity index (χ2n) is 4.71. The van der Waals surface area contributed by atoms with E-state index in [4.69, 9.17) is 39.9 Å². The van der Waals surface area contributed by atoms with Crippen LogP contribution < -0.4 is 5.11 Å². The third kappa shape index (κ3) is 3.34. The second kappa shape index (κ2) is 6.79. The van der Waals surface area contributed by atoms with E-state index in [2.05, 4.69) is 0 Å². The predicted molar refractivity (Wildman–Crippen MR) is 86.4 cm³/mol. The maximum Gasteiger partial charge on any atom is 0.338 e. The van der Waals surface area contributed by atoms with Crippen molar-refractivity contribution in [1.82, 2.24) is 0 Å². The van der Waals surface area contributed by atoms with Gasteiger partial charge in [0, 0.05) is 5.02 Å². The van der Waals surface area contributed by atoms with E-state index in [-0.39, 0.29) is 5.02 Å². The summed E-state index contributed by atoms with van der Waals surface area (Å²) in [6.07, 6.45) is 0. The lowest BCUT2D eigenvalue weighted by Crippen LogP contribution is -2.14. The number of benzene rings is 2. The first-order chi connectivity index (χ1) is 11.6. The summed E-state index contributed by atoms with van der Waals surface area (Å²) in [5.74, 6) is -5.84. The van der Waals surface area contributed by atoms with Crippen molar-refractivity contribution in [1.29, 1.82) is 0 Å². The number of carboxylic acid groups (broad SMARTS) is 2. The maximum absolute atomic E-state index is 12.6. The number of hydrogen-bond acceptors (Lipinski definition) is 5. The van der Waals surface area contributed by atoms with Gasteiger partial charge in [0.05, 0.1) is 32.3 Å². The van der Waals surface area contributed by atoms with Crippen molar-refractivity contribution in [2.45, 2.75) is 0 Å². The van der Waals surface area contributed by atoms with Gasteiger partial charge in [0.1, 0.15) is 5.75 Å². The van der Waals surface area contributed by atoms with Crippen molar-refractivity contribution in [3.8, 4) is 11.5 Å². The van der Waals surface area contributed by atoms with Gasteiger partial charge in [-0.05, 0) is 18.2 Å². The van der Waals surface area contributed by atoms with Gasteiger partial charge in [-0.3, -0.25) is 4.79 Å². The number of carbonyl (C=O) groups excluding carboxylic acids is 1. The number of carbonyl (C=O) groups is 3. The molecule has 0 fully saturated rings. The number of hydrogen-bond donors (Lipinski definition) is 3. The molecular weight excluding hydrogens is 399 g/mol. The van der Waals surface area contributed by atoms with Crippen molar-refractivity contribution in [3.05, 3.63) is 55.5 Å². The third-order valence-electron chi connectivity index (χ3n) is 3.18. The van der Waals surface area contributed by atoms with E-state index in [1.807, 2.05) is 0 Å². The molecule has 2 rings (SSSR count). The molecule has 2 aromatic carbocycles. The van der Waals surface area contributed by atoms with Crippen LogP contribution in [0.5, 0.6) is 11.5 Å². The van der Waals surface area contributed by atoms with Crippen LogP contribution in [0.2, 0.25) is 15.1 Å². The second-order valence-corrected chi connectivity index (χ2v) is 5.90. The molecule has 0 spiro atoms. The molecule has 0 aromatic heterocycles. The molecule has 7 nitrogen and oxygen atoms in total. The monoisotopic (exact) mass is 403 g/mol. The molecule has 0 radical (unpaired) electrons. The van der Waals surface area contributed by atoms with E-state index in [0.29, 0.717) is 6.07 Å². The molecule has 0 unspecified atom stereocenters. The lowest BCUT2D eigenvalue weighted by molar-refractivity contribution is -0.268. The van der Waals surface area contributed by atoms with Crippen LogP contribution in [-0.2, 0) is 0 Å². The van der Waals surface area contributed by atoms with E-state index < -0.39 is 61.5 Å². The molecule has 0 aliphatic carbocycles. The van der Waals surface area contributed by atoms with Crippen LogP contribution in [0.4, 0.5) is 0 Å². The van der Waals surface area contributed by atoms with Gasteiger partial charge in [-0.25, -0.2) is 9.59 Å². The molecule has 0 atom stereocenters. The van der Waals surface area contributed by atoms with Crippen molar-refractivity contribution in [2.75, 3.05) is 0 Å². The Kier molecular flexibility index (Phi) is 5.12. The molecule has 3 N–H and O–H groups in total. The highest BCUT2D eigenvalue weighted by Gasteiger charge is 2.29. The molecule has 0 amide bonds. The Balaban J connectivity index is 2.81. The van der Waals surface area contributed by atoms with Gasteiger partial charge in [-0.15, -0.1) is 0 Å². The molecule has 25 heavy (non-hydrogen) atoms. The van der Waals surface area contributed by atoms with Crippen LogP contribution in [-0.4, -0.2) is 33.0 Å². The molecule has 10 heteroatoms. The summed E-state index contributed by atoms with van der Waals surface area (Å²) >= 11 is 17.3. The molecule has 0 saturated heterocycles. The molecule has 0 aliphatic heterocycles. The van der Waals surface area contributed by atoms with E-state index in [0.717, 1.165) is 12.1 Å². The zero-order valence-corrected chi connectivity index (χ0v) is 14.1.